The number of carbonyl (C=O) groups excluding carboxylic acids is 2. The maximum absolute atomic E-state index is 12.4. The first kappa shape index (κ1) is 17.8. The Bertz CT molecular complexity index is 789. The van der Waals surface area contributed by atoms with Gasteiger partial charge in [0.05, 0.1) is 5.69 Å². The van der Waals surface area contributed by atoms with E-state index in [1.165, 1.54) is 0 Å². The minimum atomic E-state index is -0.543. The van der Waals surface area contributed by atoms with E-state index >= 15 is 0 Å². The third-order valence-corrected chi connectivity index (χ3v) is 4.35. The summed E-state index contributed by atoms with van der Waals surface area (Å²) in [4.78, 5) is 26.1. The van der Waals surface area contributed by atoms with E-state index < -0.39 is 6.10 Å². The number of carbonyl (C=O) groups is 2. The van der Waals surface area contributed by atoms with Crippen molar-refractivity contribution in [3.05, 3.63) is 54.1 Å². The lowest BCUT2D eigenvalue weighted by atomic mass is 10.1. The van der Waals surface area contributed by atoms with E-state index in [1.807, 2.05) is 48.5 Å². The molecule has 0 radical (unpaired) electrons. The van der Waals surface area contributed by atoms with Crippen LogP contribution in [0.15, 0.2) is 48.5 Å². The Morgan fingerprint density at radius 3 is 2.69 bits per heavy atom. The van der Waals surface area contributed by atoms with Gasteiger partial charge in [-0.3, -0.25) is 9.59 Å². The molecule has 1 unspecified atom stereocenters. The maximum Gasteiger partial charge on any atom is 0.267 e. The summed E-state index contributed by atoms with van der Waals surface area (Å²) < 4.78 is 5.60. The summed E-state index contributed by atoms with van der Waals surface area (Å²) in [6, 6.07) is 15.0. The number of nitrogens with two attached hydrogens (primary N) is 1. The van der Waals surface area contributed by atoms with Crippen LogP contribution < -0.4 is 20.7 Å². The van der Waals surface area contributed by atoms with Gasteiger partial charge in [0.2, 0.25) is 5.91 Å². The summed E-state index contributed by atoms with van der Waals surface area (Å²) in [5.41, 5.74) is 8.21. The van der Waals surface area contributed by atoms with Gasteiger partial charge in [-0.25, -0.2) is 0 Å². The highest BCUT2D eigenvalue weighted by atomic mass is 16.5. The average Bonchev–Trinajstić information content (AvgIpc) is 2.64. The number of nitrogens with one attached hydrogen (secondary N) is 1. The molecule has 2 aromatic rings. The van der Waals surface area contributed by atoms with Crippen molar-refractivity contribution < 1.29 is 14.3 Å². The number of anilines is 2. The molecule has 0 fully saturated rings. The number of hydrogen-bond donors (Lipinski definition) is 2. The minimum Gasteiger partial charge on any atom is -0.479 e. The van der Waals surface area contributed by atoms with Gasteiger partial charge >= 0.3 is 0 Å². The predicted molar refractivity (Wildman–Crippen MR) is 101 cm³/mol. The lowest BCUT2D eigenvalue weighted by Gasteiger charge is -2.32. The van der Waals surface area contributed by atoms with E-state index in [0.717, 1.165) is 17.7 Å². The molecule has 0 spiro atoms. The van der Waals surface area contributed by atoms with Crippen LogP contribution in [0.5, 0.6) is 5.75 Å². The zero-order valence-electron chi connectivity index (χ0n) is 14.8. The third kappa shape index (κ3) is 4.14. The monoisotopic (exact) mass is 353 g/mol. The Balaban J connectivity index is 1.51. The molecule has 0 aliphatic carbocycles. The fourth-order valence-corrected chi connectivity index (χ4v) is 2.92. The van der Waals surface area contributed by atoms with Crippen molar-refractivity contribution >= 4 is 23.2 Å². The molecule has 1 aliphatic heterocycles. The van der Waals surface area contributed by atoms with E-state index in [0.29, 0.717) is 24.5 Å². The molecule has 0 aromatic heterocycles. The molecule has 0 bridgehead atoms. The van der Waals surface area contributed by atoms with E-state index in [4.69, 9.17) is 10.5 Å². The van der Waals surface area contributed by atoms with Gasteiger partial charge in [0.1, 0.15) is 5.75 Å². The van der Waals surface area contributed by atoms with Crippen molar-refractivity contribution in [1.82, 2.24) is 5.32 Å². The molecule has 2 amide bonds. The Morgan fingerprint density at radius 2 is 1.92 bits per heavy atom. The molecule has 26 heavy (non-hydrogen) atoms. The van der Waals surface area contributed by atoms with E-state index in [9.17, 15) is 9.59 Å². The summed E-state index contributed by atoms with van der Waals surface area (Å²) in [6.45, 7) is 2.60. The van der Waals surface area contributed by atoms with Crippen molar-refractivity contribution in [2.45, 2.75) is 25.9 Å². The van der Waals surface area contributed by atoms with Gasteiger partial charge in [-0.15, -0.1) is 0 Å². The van der Waals surface area contributed by atoms with Gasteiger partial charge < -0.3 is 20.7 Å². The molecular formula is C20H23N3O3. The molecule has 1 atom stereocenters. The molecule has 0 saturated heterocycles. The summed E-state index contributed by atoms with van der Waals surface area (Å²) >= 11 is 0. The second kappa shape index (κ2) is 7.91. The van der Waals surface area contributed by atoms with Crippen molar-refractivity contribution in [2.24, 2.45) is 0 Å². The molecule has 0 saturated carbocycles. The zero-order chi connectivity index (χ0) is 18.5. The van der Waals surface area contributed by atoms with Crippen LogP contribution in [0.1, 0.15) is 18.9 Å². The van der Waals surface area contributed by atoms with Crippen molar-refractivity contribution in [1.29, 1.82) is 0 Å². The number of benzene rings is 2. The first-order valence-corrected chi connectivity index (χ1v) is 8.73. The maximum atomic E-state index is 12.4. The number of hydrogen-bond acceptors (Lipinski definition) is 4. The van der Waals surface area contributed by atoms with Gasteiger partial charge in [0, 0.05) is 25.2 Å². The van der Waals surface area contributed by atoms with Crippen molar-refractivity contribution in [3.63, 3.8) is 0 Å². The Kier molecular flexibility index (Phi) is 5.41. The van der Waals surface area contributed by atoms with Crippen molar-refractivity contribution in [3.8, 4) is 5.75 Å². The molecule has 1 heterocycles. The van der Waals surface area contributed by atoms with Gasteiger partial charge in [0.25, 0.3) is 5.91 Å². The normalized spacial score (nSPS) is 16.0. The van der Waals surface area contributed by atoms with E-state index in [-0.39, 0.29) is 18.2 Å². The Hall–Kier alpha value is -3.02. The lowest BCUT2D eigenvalue weighted by Crippen LogP contribution is -2.45. The number of nitrogen functional groups attached to an aromatic ring is 1. The molecule has 3 rings (SSSR count). The van der Waals surface area contributed by atoms with Crippen LogP contribution in [0.2, 0.25) is 0 Å². The summed E-state index contributed by atoms with van der Waals surface area (Å²) in [5, 5.41) is 2.90. The van der Waals surface area contributed by atoms with Crippen LogP contribution in [-0.4, -0.2) is 31.0 Å². The van der Waals surface area contributed by atoms with Gasteiger partial charge in [0.15, 0.2) is 6.10 Å². The van der Waals surface area contributed by atoms with Gasteiger partial charge in [-0.05, 0) is 43.2 Å². The van der Waals surface area contributed by atoms with E-state index in [1.54, 1.807) is 11.8 Å². The highest BCUT2D eigenvalue weighted by Crippen LogP contribution is 2.33. The highest BCUT2D eigenvalue weighted by molar-refractivity contribution is 6.00. The smallest absolute Gasteiger partial charge is 0.267 e. The van der Waals surface area contributed by atoms with Crippen molar-refractivity contribution in [2.75, 3.05) is 23.7 Å². The molecule has 6 nitrogen and oxygen atoms in total. The summed E-state index contributed by atoms with van der Waals surface area (Å²) in [5.74, 6) is 0.464. The van der Waals surface area contributed by atoms with Gasteiger partial charge in [-0.2, -0.15) is 0 Å². The summed E-state index contributed by atoms with van der Waals surface area (Å²) in [6.07, 6.45) is 0.440. The number of nitrogens with zero attached hydrogens (tertiary/aromatic N) is 1. The summed E-state index contributed by atoms with van der Waals surface area (Å²) in [7, 11) is 0. The standard InChI is InChI=1S/C20H23N3O3/c1-14-20(25)23(17-4-2-3-5-18(17)26-14)13-11-19(24)22-12-10-15-6-8-16(21)9-7-15/h2-9,14H,10-13,21H2,1H3,(H,22,24). The van der Waals surface area contributed by atoms with Crippen LogP contribution in [0.4, 0.5) is 11.4 Å². The number of rotatable bonds is 6. The Labute approximate surface area is 152 Å². The topological polar surface area (TPSA) is 84.7 Å². The molecule has 136 valence electrons. The predicted octanol–water partition coefficient (Wildman–Crippen LogP) is 2.13. The lowest BCUT2D eigenvalue weighted by molar-refractivity contribution is -0.125. The first-order chi connectivity index (χ1) is 12.5. The second-order valence-corrected chi connectivity index (χ2v) is 6.31. The van der Waals surface area contributed by atoms with Crippen LogP contribution in [0.3, 0.4) is 0 Å². The quantitative estimate of drug-likeness (QED) is 0.779. The highest BCUT2D eigenvalue weighted by Gasteiger charge is 2.31. The number of ether oxygens (including phenoxy) is 1. The SMILES string of the molecule is CC1Oc2ccccc2N(CCC(=O)NCCc2ccc(N)cc2)C1=O. The largest absolute Gasteiger partial charge is 0.479 e. The molecule has 1 aliphatic rings. The minimum absolute atomic E-state index is 0.0788. The number of amides is 2. The van der Waals surface area contributed by atoms with Crippen LogP contribution in [0.25, 0.3) is 0 Å². The second-order valence-electron chi connectivity index (χ2n) is 6.31. The molecule has 2 aromatic carbocycles. The number of para-hydroxylation sites is 2. The third-order valence-electron chi connectivity index (χ3n) is 4.35. The van der Waals surface area contributed by atoms with Crippen LogP contribution in [-0.2, 0) is 16.0 Å². The number of fused-ring (bicyclic) bond motifs is 1. The molecular weight excluding hydrogens is 330 g/mol. The van der Waals surface area contributed by atoms with Gasteiger partial charge in [-0.1, -0.05) is 24.3 Å². The van der Waals surface area contributed by atoms with E-state index in [2.05, 4.69) is 5.32 Å². The van der Waals surface area contributed by atoms with Crippen LogP contribution in [0, 0.1) is 0 Å². The molecule has 3 N–H and O–H groups in total. The average molecular weight is 353 g/mol. The zero-order valence-corrected chi connectivity index (χ0v) is 14.8. The fraction of sp³-hybridized carbons (Fsp3) is 0.300. The Morgan fingerprint density at radius 1 is 1.19 bits per heavy atom. The first-order valence-electron chi connectivity index (χ1n) is 8.73. The fourth-order valence-electron chi connectivity index (χ4n) is 2.92. The molecule has 6 heteroatoms. The van der Waals surface area contributed by atoms with Crippen LogP contribution >= 0.6 is 0 Å².